The number of rotatable bonds is 4. The van der Waals surface area contributed by atoms with E-state index in [2.05, 4.69) is 22.1 Å². The SMILES string of the molecule is Cc1ccccc1CCC(=O)Nc1ncc(C#CCO)s1. The third-order valence-corrected chi connectivity index (χ3v) is 3.75. The molecule has 0 aliphatic heterocycles. The average Bonchev–Trinajstić information content (AvgIpc) is 2.91. The van der Waals surface area contributed by atoms with Crippen LogP contribution in [-0.4, -0.2) is 22.6 Å². The molecule has 0 spiro atoms. The number of hydrogen-bond acceptors (Lipinski definition) is 4. The van der Waals surface area contributed by atoms with E-state index in [9.17, 15) is 4.79 Å². The number of thiazole rings is 1. The molecule has 0 fully saturated rings. The summed E-state index contributed by atoms with van der Waals surface area (Å²) in [5.74, 6) is 5.24. The summed E-state index contributed by atoms with van der Waals surface area (Å²) in [5, 5.41) is 11.9. The van der Waals surface area contributed by atoms with Crippen LogP contribution in [0.1, 0.15) is 22.4 Å². The number of nitrogens with one attached hydrogen (secondary N) is 1. The van der Waals surface area contributed by atoms with Gasteiger partial charge in [0.15, 0.2) is 5.13 Å². The molecule has 0 bridgehead atoms. The van der Waals surface area contributed by atoms with Crippen LogP contribution < -0.4 is 5.32 Å². The molecule has 0 radical (unpaired) electrons. The molecule has 1 aromatic carbocycles. The second-order valence-corrected chi connectivity index (χ2v) is 5.49. The molecule has 1 aromatic heterocycles. The van der Waals surface area contributed by atoms with Gasteiger partial charge >= 0.3 is 0 Å². The zero-order valence-electron chi connectivity index (χ0n) is 11.7. The maximum absolute atomic E-state index is 11.9. The Balaban J connectivity index is 1.87. The normalized spacial score (nSPS) is 9.81. The molecule has 0 aliphatic rings. The van der Waals surface area contributed by atoms with Crippen molar-refractivity contribution in [1.82, 2.24) is 4.98 Å². The Morgan fingerprint density at radius 2 is 2.24 bits per heavy atom. The van der Waals surface area contributed by atoms with Crippen molar-refractivity contribution in [1.29, 1.82) is 0 Å². The summed E-state index contributed by atoms with van der Waals surface area (Å²) < 4.78 is 0. The fourth-order valence-electron chi connectivity index (χ4n) is 1.84. The van der Waals surface area contributed by atoms with Crippen molar-refractivity contribution < 1.29 is 9.90 Å². The highest BCUT2D eigenvalue weighted by Crippen LogP contribution is 2.17. The Hall–Kier alpha value is -2.16. The molecular formula is C16H16N2O2S. The van der Waals surface area contributed by atoms with Crippen LogP contribution in [0.5, 0.6) is 0 Å². The first-order chi connectivity index (χ1) is 10.2. The van der Waals surface area contributed by atoms with E-state index >= 15 is 0 Å². The average molecular weight is 300 g/mol. The predicted molar refractivity (Wildman–Crippen MR) is 84.2 cm³/mol. The van der Waals surface area contributed by atoms with Crippen molar-refractivity contribution in [3.63, 3.8) is 0 Å². The van der Waals surface area contributed by atoms with Crippen LogP contribution in [0.15, 0.2) is 30.5 Å². The maximum Gasteiger partial charge on any atom is 0.226 e. The second kappa shape index (κ2) is 7.58. The summed E-state index contributed by atoms with van der Waals surface area (Å²) in [6.45, 7) is 1.86. The van der Waals surface area contributed by atoms with Gasteiger partial charge in [-0.15, -0.1) is 0 Å². The maximum atomic E-state index is 11.9. The summed E-state index contributed by atoms with van der Waals surface area (Å²) in [6.07, 6.45) is 2.72. The Kier molecular flexibility index (Phi) is 5.50. The molecule has 1 amide bonds. The van der Waals surface area contributed by atoms with Crippen molar-refractivity contribution in [3.8, 4) is 11.8 Å². The molecular weight excluding hydrogens is 284 g/mol. The number of carbonyl (C=O) groups is 1. The number of aliphatic hydroxyl groups is 1. The van der Waals surface area contributed by atoms with E-state index in [1.54, 1.807) is 6.20 Å². The summed E-state index contributed by atoms with van der Waals surface area (Å²) in [5.41, 5.74) is 2.38. The monoisotopic (exact) mass is 300 g/mol. The first-order valence-electron chi connectivity index (χ1n) is 6.59. The van der Waals surface area contributed by atoms with Crippen LogP contribution in [0.3, 0.4) is 0 Å². The van der Waals surface area contributed by atoms with Crippen LogP contribution in [-0.2, 0) is 11.2 Å². The van der Waals surface area contributed by atoms with Crippen molar-refractivity contribution in [2.45, 2.75) is 19.8 Å². The zero-order valence-corrected chi connectivity index (χ0v) is 12.5. The Labute approximate surface area is 127 Å². The topological polar surface area (TPSA) is 62.2 Å². The minimum absolute atomic E-state index is 0.0609. The lowest BCUT2D eigenvalue weighted by atomic mass is 10.0. The number of carbonyl (C=O) groups excluding carboxylic acids is 1. The van der Waals surface area contributed by atoms with Crippen LogP contribution in [0.2, 0.25) is 0 Å². The van der Waals surface area contributed by atoms with Crippen molar-refractivity contribution >= 4 is 22.4 Å². The van der Waals surface area contributed by atoms with E-state index in [1.165, 1.54) is 22.5 Å². The third-order valence-electron chi connectivity index (χ3n) is 2.93. The van der Waals surface area contributed by atoms with E-state index in [4.69, 9.17) is 5.11 Å². The molecule has 5 heteroatoms. The summed E-state index contributed by atoms with van der Waals surface area (Å²) in [4.78, 5) is 16.7. The van der Waals surface area contributed by atoms with Gasteiger partial charge in [-0.05, 0) is 24.5 Å². The van der Waals surface area contributed by atoms with Gasteiger partial charge in [-0.25, -0.2) is 4.98 Å². The molecule has 0 unspecified atom stereocenters. The highest BCUT2D eigenvalue weighted by molar-refractivity contribution is 7.16. The van der Waals surface area contributed by atoms with Crippen molar-refractivity contribution in [3.05, 3.63) is 46.5 Å². The van der Waals surface area contributed by atoms with E-state index in [0.29, 0.717) is 18.0 Å². The number of aromatic nitrogens is 1. The van der Waals surface area contributed by atoms with Crippen molar-refractivity contribution in [2.75, 3.05) is 11.9 Å². The number of hydrogen-bond donors (Lipinski definition) is 2. The quantitative estimate of drug-likeness (QED) is 0.852. The van der Waals surface area contributed by atoms with Gasteiger partial charge < -0.3 is 10.4 Å². The number of benzene rings is 1. The lowest BCUT2D eigenvalue weighted by molar-refractivity contribution is -0.116. The molecule has 2 aromatic rings. The predicted octanol–water partition coefficient (Wildman–Crippen LogP) is 2.37. The fourth-order valence-corrected chi connectivity index (χ4v) is 2.54. The van der Waals surface area contributed by atoms with E-state index in [1.807, 2.05) is 31.2 Å². The number of nitrogens with zero attached hydrogens (tertiary/aromatic N) is 1. The van der Waals surface area contributed by atoms with Gasteiger partial charge in [0, 0.05) is 6.42 Å². The van der Waals surface area contributed by atoms with E-state index in [-0.39, 0.29) is 12.5 Å². The van der Waals surface area contributed by atoms with E-state index < -0.39 is 0 Å². The molecule has 0 aliphatic carbocycles. The van der Waals surface area contributed by atoms with E-state index in [0.717, 1.165) is 4.88 Å². The van der Waals surface area contributed by atoms with Gasteiger partial charge in [0.25, 0.3) is 0 Å². The molecule has 4 nitrogen and oxygen atoms in total. The fraction of sp³-hybridized carbons (Fsp3) is 0.250. The Morgan fingerprint density at radius 3 is 3.00 bits per heavy atom. The lowest BCUT2D eigenvalue weighted by Gasteiger charge is -2.05. The van der Waals surface area contributed by atoms with Gasteiger partial charge in [-0.2, -0.15) is 0 Å². The van der Waals surface area contributed by atoms with Gasteiger partial charge in [0.1, 0.15) is 6.61 Å². The molecule has 0 atom stereocenters. The molecule has 2 rings (SSSR count). The minimum Gasteiger partial charge on any atom is -0.384 e. The highest BCUT2D eigenvalue weighted by atomic mass is 32.1. The Morgan fingerprint density at radius 1 is 1.43 bits per heavy atom. The number of anilines is 1. The van der Waals surface area contributed by atoms with Gasteiger partial charge in [0.2, 0.25) is 5.91 Å². The van der Waals surface area contributed by atoms with Crippen molar-refractivity contribution in [2.24, 2.45) is 0 Å². The zero-order chi connectivity index (χ0) is 15.1. The minimum atomic E-state index is -0.185. The molecule has 1 heterocycles. The standard InChI is InChI=1S/C16H16N2O2S/c1-12-5-2-3-6-13(12)8-9-15(20)18-16-17-11-14(21-16)7-4-10-19/h2-3,5-6,11,19H,8-10H2,1H3,(H,17,18,20). The number of amides is 1. The van der Waals surface area contributed by atoms with Crippen LogP contribution in [0.4, 0.5) is 5.13 Å². The molecule has 2 N–H and O–H groups in total. The highest BCUT2D eigenvalue weighted by Gasteiger charge is 2.07. The van der Waals surface area contributed by atoms with Crippen LogP contribution >= 0.6 is 11.3 Å². The van der Waals surface area contributed by atoms with Crippen LogP contribution in [0, 0.1) is 18.8 Å². The first kappa shape index (κ1) is 15.2. The lowest BCUT2D eigenvalue weighted by Crippen LogP contribution is -2.12. The van der Waals surface area contributed by atoms with Gasteiger partial charge in [0.05, 0.1) is 11.1 Å². The van der Waals surface area contributed by atoms with Crippen LogP contribution in [0.25, 0.3) is 0 Å². The Bertz CT molecular complexity index is 683. The smallest absolute Gasteiger partial charge is 0.226 e. The molecule has 108 valence electrons. The number of aliphatic hydroxyl groups excluding tert-OH is 1. The largest absolute Gasteiger partial charge is 0.384 e. The summed E-state index contributed by atoms with van der Waals surface area (Å²) in [6, 6.07) is 8.05. The summed E-state index contributed by atoms with van der Waals surface area (Å²) in [7, 11) is 0. The molecule has 0 saturated heterocycles. The number of aryl methyl sites for hydroxylation is 2. The second-order valence-electron chi connectivity index (χ2n) is 4.46. The molecule has 21 heavy (non-hydrogen) atoms. The van der Waals surface area contributed by atoms with Gasteiger partial charge in [-0.3, -0.25) is 4.79 Å². The third kappa shape index (κ3) is 4.71. The molecule has 0 saturated carbocycles. The first-order valence-corrected chi connectivity index (χ1v) is 7.40. The van der Waals surface area contributed by atoms with Gasteiger partial charge in [-0.1, -0.05) is 47.4 Å². The summed E-state index contributed by atoms with van der Waals surface area (Å²) >= 11 is 1.30.